The van der Waals surface area contributed by atoms with Crippen LogP contribution in [0, 0.1) is 0 Å². The maximum Gasteiger partial charge on any atom is 0.488 e. The summed E-state index contributed by atoms with van der Waals surface area (Å²) in [5.41, 5.74) is 1.83. The van der Waals surface area contributed by atoms with Crippen LogP contribution < -0.4 is 4.74 Å². The van der Waals surface area contributed by atoms with Gasteiger partial charge in [-0.3, -0.25) is 4.57 Å². The smallest absolute Gasteiger partial charge is 0.471 e. The van der Waals surface area contributed by atoms with Crippen molar-refractivity contribution in [1.82, 2.24) is 19.5 Å². The van der Waals surface area contributed by atoms with Gasteiger partial charge in [-0.2, -0.15) is 14.0 Å². The minimum Gasteiger partial charge on any atom is -0.471 e. The Morgan fingerprint density at radius 1 is 1.20 bits per heavy atom. The lowest BCUT2D eigenvalue weighted by molar-refractivity contribution is -0.120. The largest absolute Gasteiger partial charge is 0.488 e. The normalized spacial score (nSPS) is 27.9. The van der Waals surface area contributed by atoms with E-state index in [1.54, 1.807) is 11.5 Å². The number of benzene rings is 1. The van der Waals surface area contributed by atoms with Crippen molar-refractivity contribution in [1.29, 1.82) is 0 Å². The van der Waals surface area contributed by atoms with Crippen molar-refractivity contribution in [3.8, 4) is 5.88 Å². The van der Waals surface area contributed by atoms with Gasteiger partial charge in [0.05, 0.1) is 12.4 Å². The molecule has 1 fully saturated rings. The highest BCUT2D eigenvalue weighted by Crippen LogP contribution is 2.52. The van der Waals surface area contributed by atoms with E-state index in [0.29, 0.717) is 23.7 Å². The van der Waals surface area contributed by atoms with Gasteiger partial charge in [0.15, 0.2) is 17.4 Å². The Bertz CT molecular complexity index is 991. The number of aromatic nitrogens is 4. The minimum absolute atomic E-state index is 0.00293. The molecule has 0 aliphatic carbocycles. The number of hydrogen-bond acceptors (Lipinski definition) is 9. The maximum absolute atomic E-state index is 10.6. The van der Waals surface area contributed by atoms with Gasteiger partial charge < -0.3 is 14.6 Å². The lowest BCUT2D eigenvalue weighted by Crippen LogP contribution is -2.32. The summed E-state index contributed by atoms with van der Waals surface area (Å²) in [6, 6.07) is 9.68. The van der Waals surface area contributed by atoms with Crippen LogP contribution in [0.1, 0.15) is 18.7 Å². The second-order valence-corrected chi connectivity index (χ2v) is 8.48. The van der Waals surface area contributed by atoms with Crippen molar-refractivity contribution in [2.24, 2.45) is 0 Å². The summed E-state index contributed by atoms with van der Waals surface area (Å²) in [6.07, 6.45) is 0.288. The number of aliphatic hydroxyl groups excluding tert-OH is 1. The zero-order valence-electron chi connectivity index (χ0n) is 16.2. The van der Waals surface area contributed by atoms with Crippen LogP contribution in [0.15, 0.2) is 43.0 Å². The standard InChI is InChI=1S/C18H21BN4O6P/c1-12-7-27-30(19,25)28-9-14(24)18(29-12)23-11-22-15-16(23)20-10-21-17(15)26-8-13-5-3-2-4-6-13/h2-6,10-12,14,18,24-25H,7-9H2,1H3/q+1/t12-,14-,18+,30?/m0/s1. The first kappa shape index (κ1) is 21.1. The molecule has 0 bridgehead atoms. The van der Waals surface area contributed by atoms with Crippen LogP contribution in [0.5, 0.6) is 5.88 Å². The van der Waals surface area contributed by atoms with Crippen molar-refractivity contribution < 1.29 is 28.5 Å². The molecule has 30 heavy (non-hydrogen) atoms. The molecule has 0 saturated carbocycles. The highest BCUT2D eigenvalue weighted by molar-refractivity contribution is 7.85. The van der Waals surface area contributed by atoms with Crippen molar-refractivity contribution in [3.63, 3.8) is 0 Å². The van der Waals surface area contributed by atoms with Gasteiger partial charge in [0.25, 0.3) is 0 Å². The van der Waals surface area contributed by atoms with E-state index >= 15 is 0 Å². The summed E-state index contributed by atoms with van der Waals surface area (Å²) in [6.45, 7) is 1.76. The molecule has 2 radical (unpaired) electrons. The molecule has 10 nitrogen and oxygen atoms in total. The van der Waals surface area contributed by atoms with E-state index < -0.39 is 26.3 Å². The van der Waals surface area contributed by atoms with Crippen molar-refractivity contribution in [2.75, 3.05) is 13.2 Å². The molecule has 4 rings (SSSR count). The molecular formula is C18H21BN4O6P+. The summed E-state index contributed by atoms with van der Waals surface area (Å²) < 4.78 is 23.6. The molecule has 4 atom stereocenters. The summed E-state index contributed by atoms with van der Waals surface area (Å²) in [7, 11) is 2.08. The second-order valence-electron chi connectivity index (χ2n) is 6.84. The Hall–Kier alpha value is -2.14. The lowest BCUT2D eigenvalue weighted by atomic mass is 10.2. The molecule has 156 valence electrons. The molecule has 2 aromatic heterocycles. The van der Waals surface area contributed by atoms with Crippen LogP contribution in [-0.2, 0) is 20.4 Å². The monoisotopic (exact) mass is 431 g/mol. The Morgan fingerprint density at radius 2 is 1.97 bits per heavy atom. The van der Waals surface area contributed by atoms with Gasteiger partial charge in [-0.05, 0) is 12.5 Å². The third kappa shape index (κ3) is 4.78. The van der Waals surface area contributed by atoms with E-state index in [9.17, 15) is 10.00 Å². The summed E-state index contributed by atoms with van der Waals surface area (Å²) in [4.78, 5) is 22.8. The van der Waals surface area contributed by atoms with Gasteiger partial charge in [-0.25, -0.2) is 14.9 Å². The van der Waals surface area contributed by atoms with Crippen molar-refractivity contribution >= 4 is 26.6 Å². The first-order valence-electron chi connectivity index (χ1n) is 9.30. The molecule has 1 aliphatic heterocycles. The SMILES string of the molecule is [B][P+]1(O)OC[C@H](C)O[C@@H](n2cnc3c(OCc4ccccc4)ncnc32)[C@@H](O)CO1. The zero-order chi connectivity index (χ0) is 21.1. The molecule has 0 amide bonds. The molecule has 1 aliphatic rings. The first-order chi connectivity index (χ1) is 14.4. The molecule has 1 aromatic carbocycles. The molecule has 3 heterocycles. The molecular weight excluding hydrogens is 410 g/mol. The van der Waals surface area contributed by atoms with Crippen LogP contribution >= 0.6 is 7.82 Å². The Kier molecular flexibility index (Phi) is 6.28. The topological polar surface area (TPSA) is 121 Å². The van der Waals surface area contributed by atoms with E-state index in [0.717, 1.165) is 5.56 Å². The molecule has 1 unspecified atom stereocenters. The molecule has 3 aromatic rings. The minimum atomic E-state index is -3.52. The van der Waals surface area contributed by atoms with Crippen LogP contribution in [0.4, 0.5) is 0 Å². The zero-order valence-corrected chi connectivity index (χ0v) is 17.1. The highest BCUT2D eigenvalue weighted by atomic mass is 31.2. The average Bonchev–Trinajstić information content (AvgIpc) is 3.19. The third-order valence-electron chi connectivity index (χ3n) is 4.44. The number of nitrogens with zero attached hydrogens (tertiary/aromatic N) is 4. The quantitative estimate of drug-likeness (QED) is 0.468. The number of imidazole rings is 1. The van der Waals surface area contributed by atoms with Crippen LogP contribution in [0.2, 0.25) is 0 Å². The highest BCUT2D eigenvalue weighted by Gasteiger charge is 2.40. The Morgan fingerprint density at radius 3 is 2.77 bits per heavy atom. The van der Waals surface area contributed by atoms with Gasteiger partial charge in [0.1, 0.15) is 32.3 Å². The molecule has 0 spiro atoms. The fourth-order valence-electron chi connectivity index (χ4n) is 2.98. The van der Waals surface area contributed by atoms with Crippen LogP contribution in [-0.4, -0.2) is 62.5 Å². The van der Waals surface area contributed by atoms with Gasteiger partial charge in [-0.1, -0.05) is 30.3 Å². The average molecular weight is 431 g/mol. The number of aliphatic hydroxyl groups is 1. The van der Waals surface area contributed by atoms with E-state index in [1.807, 2.05) is 30.3 Å². The fraction of sp³-hybridized carbons (Fsp3) is 0.389. The maximum atomic E-state index is 10.6. The number of fused-ring (bicyclic) bond motifs is 1. The van der Waals surface area contributed by atoms with Gasteiger partial charge >= 0.3 is 15.4 Å². The predicted molar refractivity (Wildman–Crippen MR) is 108 cm³/mol. The predicted octanol–water partition coefficient (Wildman–Crippen LogP) is 1.56. The van der Waals surface area contributed by atoms with E-state index in [1.165, 1.54) is 12.7 Å². The van der Waals surface area contributed by atoms with Crippen molar-refractivity contribution in [3.05, 3.63) is 48.5 Å². The molecule has 12 heteroatoms. The molecule has 2 N–H and O–H groups in total. The van der Waals surface area contributed by atoms with E-state index in [4.69, 9.17) is 26.1 Å². The van der Waals surface area contributed by atoms with Gasteiger partial charge in [-0.15, -0.1) is 0 Å². The first-order valence-corrected chi connectivity index (χ1v) is 10.9. The van der Waals surface area contributed by atoms with Gasteiger partial charge in [0, 0.05) is 0 Å². The fourth-order valence-corrected chi connectivity index (χ4v) is 3.85. The van der Waals surface area contributed by atoms with Gasteiger partial charge in [0.2, 0.25) is 5.88 Å². The number of hydrogen-bond donors (Lipinski definition) is 2. The van der Waals surface area contributed by atoms with Crippen LogP contribution in [0.25, 0.3) is 11.2 Å². The van der Waals surface area contributed by atoms with Crippen molar-refractivity contribution in [2.45, 2.75) is 32.0 Å². The summed E-state index contributed by atoms with van der Waals surface area (Å²) in [5.74, 6) is 0.315. The Balaban J connectivity index is 1.60. The summed E-state index contributed by atoms with van der Waals surface area (Å²) >= 11 is 0. The van der Waals surface area contributed by atoms with Crippen LogP contribution in [0.3, 0.4) is 0 Å². The van der Waals surface area contributed by atoms with E-state index in [-0.39, 0.29) is 13.2 Å². The Labute approximate surface area is 174 Å². The molecule has 1 saturated heterocycles. The number of ether oxygens (including phenoxy) is 2. The lowest BCUT2D eigenvalue weighted by Gasteiger charge is -2.25. The van der Waals surface area contributed by atoms with E-state index in [2.05, 4.69) is 15.0 Å². The number of rotatable bonds is 4. The summed E-state index contributed by atoms with van der Waals surface area (Å²) in [5, 5.41) is 10.6. The second kappa shape index (κ2) is 8.93. The third-order valence-corrected chi connectivity index (χ3v) is 5.48.